The van der Waals surface area contributed by atoms with Gasteiger partial charge in [-0.05, 0) is 47.5 Å². The Kier molecular flexibility index (Phi) is 11.2. The van der Waals surface area contributed by atoms with Gasteiger partial charge in [-0.15, -0.1) is 0 Å². The summed E-state index contributed by atoms with van der Waals surface area (Å²) in [6.45, 7) is 0. The van der Waals surface area contributed by atoms with Crippen LogP contribution in [0.15, 0.2) is 84.9 Å². The van der Waals surface area contributed by atoms with Gasteiger partial charge in [-0.3, -0.25) is 62.2 Å². The third kappa shape index (κ3) is 8.64. The molecule has 0 fully saturated rings. The molecule has 6 N–H and O–H groups in total. The van der Waals surface area contributed by atoms with E-state index in [0.29, 0.717) is 60.7 Å². The number of anilines is 4. The van der Waals surface area contributed by atoms with Crippen molar-refractivity contribution in [2.75, 3.05) is 21.5 Å². The van der Waals surface area contributed by atoms with Crippen molar-refractivity contribution in [3.05, 3.63) is 137 Å². The van der Waals surface area contributed by atoms with Gasteiger partial charge in [0.05, 0.1) is 31.8 Å². The van der Waals surface area contributed by atoms with E-state index in [2.05, 4.69) is 21.5 Å². The lowest BCUT2D eigenvalue weighted by atomic mass is 9.73. The molecular weight excluding hydrogens is 762 g/mol. The molecule has 4 amide bonds. The fourth-order valence-electron chi connectivity index (χ4n) is 4.94. The van der Waals surface area contributed by atoms with Crippen LogP contribution in [0.5, 0.6) is 0 Å². The molecular formula is C29H20F6N10O10. The Balaban J connectivity index is 1.51. The number of rotatable bonds is 12. The van der Waals surface area contributed by atoms with Crippen LogP contribution >= 0.6 is 0 Å². The zero-order chi connectivity index (χ0) is 40.9. The smallest absolute Gasteiger partial charge is 0.307 e. The SMILES string of the molecule is O=C(NNc1ccc([N+](=O)[O-])cc1[N+](=O)[O-])Nc1ccc(C(c2ccc(NC(=O)NNc3ccc([N+](=O)[O-])cc3[N+](=O)[O-])cc2)(C(F)(F)F)C(F)(F)F)cc1. The molecule has 0 aliphatic rings. The van der Waals surface area contributed by atoms with Crippen LogP contribution in [0, 0.1) is 40.5 Å². The number of nitrogens with zero attached hydrogens (tertiary/aromatic N) is 4. The van der Waals surface area contributed by atoms with Crippen LogP contribution in [0.1, 0.15) is 11.1 Å². The van der Waals surface area contributed by atoms with Crippen molar-refractivity contribution in [2.45, 2.75) is 17.8 Å². The predicted molar refractivity (Wildman–Crippen MR) is 177 cm³/mol. The van der Waals surface area contributed by atoms with Crippen LogP contribution in [0.2, 0.25) is 0 Å². The van der Waals surface area contributed by atoms with Gasteiger partial charge < -0.3 is 10.6 Å². The largest absolute Gasteiger partial charge is 0.411 e. The van der Waals surface area contributed by atoms with Gasteiger partial charge in [-0.2, -0.15) is 26.3 Å². The van der Waals surface area contributed by atoms with Crippen LogP contribution in [-0.2, 0) is 5.41 Å². The van der Waals surface area contributed by atoms with Crippen molar-refractivity contribution < 1.29 is 55.6 Å². The van der Waals surface area contributed by atoms with Crippen molar-refractivity contribution >= 4 is 57.6 Å². The van der Waals surface area contributed by atoms with Crippen molar-refractivity contribution in [3.8, 4) is 0 Å². The highest BCUT2D eigenvalue weighted by Crippen LogP contribution is 2.56. The molecule has 0 aromatic heterocycles. The molecule has 20 nitrogen and oxygen atoms in total. The number of halogens is 6. The first-order valence-corrected chi connectivity index (χ1v) is 14.5. The number of nitro benzene ring substituents is 4. The predicted octanol–water partition coefficient (Wildman–Crippen LogP) is 7.03. The van der Waals surface area contributed by atoms with Crippen molar-refractivity contribution in [2.24, 2.45) is 0 Å². The summed E-state index contributed by atoms with van der Waals surface area (Å²) in [6, 6.07) is 6.91. The normalized spacial score (nSPS) is 11.5. The number of alkyl halides is 6. The van der Waals surface area contributed by atoms with Gasteiger partial charge >= 0.3 is 35.8 Å². The minimum absolute atomic E-state index is 0.335. The fourth-order valence-corrected chi connectivity index (χ4v) is 4.94. The quantitative estimate of drug-likeness (QED) is 0.0480. The zero-order valence-electron chi connectivity index (χ0n) is 26.7. The fraction of sp³-hybridized carbons (Fsp3) is 0.103. The second-order valence-corrected chi connectivity index (χ2v) is 10.7. The van der Waals surface area contributed by atoms with E-state index in [9.17, 15) is 76.4 Å². The molecule has 0 bridgehead atoms. The van der Waals surface area contributed by atoms with E-state index in [1.807, 2.05) is 10.9 Å². The first-order valence-electron chi connectivity index (χ1n) is 14.5. The van der Waals surface area contributed by atoms with Gasteiger partial charge in [0, 0.05) is 23.5 Å². The van der Waals surface area contributed by atoms with E-state index in [4.69, 9.17) is 0 Å². The lowest BCUT2D eigenvalue weighted by Gasteiger charge is -2.38. The Morgan fingerprint density at radius 3 is 1.09 bits per heavy atom. The summed E-state index contributed by atoms with van der Waals surface area (Å²) in [5, 5.41) is 48.5. The number of benzene rings is 4. The van der Waals surface area contributed by atoms with Crippen molar-refractivity contribution in [1.82, 2.24) is 10.9 Å². The molecule has 0 saturated heterocycles. The molecule has 55 heavy (non-hydrogen) atoms. The molecule has 4 rings (SSSR count). The monoisotopic (exact) mass is 782 g/mol. The number of hydrogen-bond acceptors (Lipinski definition) is 12. The molecule has 0 radical (unpaired) electrons. The molecule has 0 aliphatic heterocycles. The number of nitrogens with one attached hydrogen (secondary N) is 6. The molecule has 0 heterocycles. The lowest BCUT2D eigenvalue weighted by Crippen LogP contribution is -2.54. The second kappa shape index (κ2) is 15.4. The van der Waals surface area contributed by atoms with Gasteiger partial charge in [-0.1, -0.05) is 24.3 Å². The highest BCUT2D eigenvalue weighted by atomic mass is 19.4. The van der Waals surface area contributed by atoms with E-state index in [0.717, 1.165) is 24.3 Å². The van der Waals surface area contributed by atoms with Crippen molar-refractivity contribution in [1.29, 1.82) is 0 Å². The number of hydrazine groups is 2. The molecule has 0 unspecified atom stereocenters. The number of urea groups is 2. The van der Waals surface area contributed by atoms with Gasteiger partial charge in [0.25, 0.3) is 11.4 Å². The maximum atomic E-state index is 14.6. The van der Waals surface area contributed by atoms with E-state index in [1.165, 1.54) is 0 Å². The molecule has 0 aliphatic carbocycles. The molecule has 4 aromatic rings. The highest BCUT2D eigenvalue weighted by Gasteiger charge is 2.72. The summed E-state index contributed by atoms with van der Waals surface area (Å²) in [5.74, 6) is 0. The maximum Gasteiger partial charge on any atom is 0.411 e. The molecule has 26 heteroatoms. The van der Waals surface area contributed by atoms with E-state index < -0.39 is 94.8 Å². The third-order valence-electron chi connectivity index (χ3n) is 7.40. The Hall–Kier alpha value is -7.80. The van der Waals surface area contributed by atoms with E-state index in [-0.39, 0.29) is 11.4 Å². The van der Waals surface area contributed by atoms with Crippen molar-refractivity contribution in [3.63, 3.8) is 0 Å². The van der Waals surface area contributed by atoms with Crippen LogP contribution in [0.4, 0.5) is 81.4 Å². The Morgan fingerprint density at radius 2 is 0.818 bits per heavy atom. The summed E-state index contributed by atoms with van der Waals surface area (Å²) in [4.78, 5) is 65.2. The summed E-state index contributed by atoms with van der Waals surface area (Å²) in [6.07, 6.45) is -12.1. The van der Waals surface area contributed by atoms with E-state index in [1.54, 1.807) is 0 Å². The first-order chi connectivity index (χ1) is 25.6. The number of nitro groups is 4. The highest BCUT2D eigenvalue weighted by molar-refractivity contribution is 5.91. The number of carbonyl (C=O) groups is 2. The molecule has 288 valence electrons. The average molecular weight is 783 g/mol. The Morgan fingerprint density at radius 1 is 0.491 bits per heavy atom. The van der Waals surface area contributed by atoms with Crippen LogP contribution in [0.25, 0.3) is 0 Å². The molecule has 0 saturated carbocycles. The summed E-state index contributed by atoms with van der Waals surface area (Å²) >= 11 is 0. The summed E-state index contributed by atoms with van der Waals surface area (Å²) in [7, 11) is 0. The summed E-state index contributed by atoms with van der Waals surface area (Å²) < 4.78 is 87.8. The molecule has 4 aromatic carbocycles. The van der Waals surface area contributed by atoms with Gasteiger partial charge in [0.2, 0.25) is 5.41 Å². The number of carbonyl (C=O) groups excluding carboxylic acids is 2. The standard InChI is InChI=1S/C29H20F6N10O10/c30-28(31,32)27(29(33,34)35,15-1-5-17(6-2-15)36-25(46)40-38-21-11-9-19(42(48)49)13-23(21)44(52)53)16-3-7-18(8-4-16)37-26(47)41-39-22-12-10-20(43(50)51)14-24(22)45(54)55/h1-14,38-39H,(H2,36,40,46)(H2,37,41,47). The third-order valence-corrected chi connectivity index (χ3v) is 7.40. The van der Waals surface area contributed by atoms with Crippen LogP contribution in [-0.4, -0.2) is 44.1 Å². The molecule has 0 atom stereocenters. The van der Waals surface area contributed by atoms with Gasteiger partial charge in [0.15, 0.2) is 0 Å². The minimum atomic E-state index is -6.03. The Bertz CT molecular complexity index is 2020. The second-order valence-electron chi connectivity index (χ2n) is 10.7. The number of amides is 4. The van der Waals surface area contributed by atoms with Crippen LogP contribution in [0.3, 0.4) is 0 Å². The number of hydrogen-bond donors (Lipinski definition) is 6. The van der Waals surface area contributed by atoms with Crippen LogP contribution < -0.4 is 32.3 Å². The van der Waals surface area contributed by atoms with Gasteiger partial charge in [-0.25, -0.2) is 9.59 Å². The first kappa shape index (κ1) is 40.0. The number of non-ortho nitro benzene ring substituents is 2. The maximum absolute atomic E-state index is 14.6. The lowest BCUT2D eigenvalue weighted by molar-refractivity contribution is -0.393. The minimum Gasteiger partial charge on any atom is -0.307 e. The topological polar surface area (TPSA) is 279 Å². The van der Waals surface area contributed by atoms with Gasteiger partial charge in [0.1, 0.15) is 11.4 Å². The summed E-state index contributed by atoms with van der Waals surface area (Å²) in [5.41, 5.74) is -3.63. The zero-order valence-corrected chi connectivity index (χ0v) is 26.7. The Labute approximate surface area is 300 Å². The average Bonchev–Trinajstić information content (AvgIpc) is 3.10. The van der Waals surface area contributed by atoms with E-state index >= 15 is 0 Å². The molecule has 0 spiro atoms.